The Morgan fingerprint density at radius 1 is 0.667 bits per heavy atom. The lowest BCUT2D eigenvalue weighted by Crippen LogP contribution is -2.23. The summed E-state index contributed by atoms with van der Waals surface area (Å²) in [5.74, 6) is -0.473. The summed E-state index contributed by atoms with van der Waals surface area (Å²) in [6, 6.07) is 12.2. The van der Waals surface area contributed by atoms with Gasteiger partial charge in [-0.15, -0.1) is 0 Å². The van der Waals surface area contributed by atoms with Crippen LogP contribution >= 0.6 is 11.6 Å². The summed E-state index contributed by atoms with van der Waals surface area (Å²) in [6.45, 7) is 4.25. The average Bonchev–Trinajstić information content (AvgIpc) is 3.06. The van der Waals surface area contributed by atoms with E-state index in [0.29, 0.717) is 0 Å². The van der Waals surface area contributed by atoms with Gasteiger partial charge in [0.15, 0.2) is 0 Å². The molecule has 0 saturated carbocycles. The summed E-state index contributed by atoms with van der Waals surface area (Å²) in [6.07, 6.45) is -3.06. The molecule has 0 fully saturated rings. The van der Waals surface area contributed by atoms with E-state index < -0.39 is 62.9 Å². The van der Waals surface area contributed by atoms with E-state index in [1.54, 1.807) is 12.1 Å². The fourth-order valence-electron chi connectivity index (χ4n) is 6.46. The summed E-state index contributed by atoms with van der Waals surface area (Å²) in [5.41, 5.74) is 5.91. The van der Waals surface area contributed by atoms with Gasteiger partial charge in [-0.1, -0.05) is 30.3 Å². The van der Waals surface area contributed by atoms with E-state index in [1.807, 2.05) is 0 Å². The Bertz CT molecular complexity index is 2730. The minimum absolute atomic E-state index is 0.00237. The van der Waals surface area contributed by atoms with Crippen molar-refractivity contribution in [2.24, 2.45) is 0 Å². The second kappa shape index (κ2) is 13.7. The summed E-state index contributed by atoms with van der Waals surface area (Å²) >= 11 is 6.18. The molecule has 1 aliphatic carbocycles. The summed E-state index contributed by atoms with van der Waals surface area (Å²) in [4.78, 5) is 10.4. The number of aromatic nitrogens is 3. The molecule has 1 heterocycles. The van der Waals surface area contributed by atoms with Crippen LogP contribution in [0, 0.1) is 20.8 Å². The molecular formula is C32H30ClN7O11S3. The predicted molar refractivity (Wildman–Crippen MR) is 197 cm³/mol. The highest BCUT2D eigenvalue weighted by molar-refractivity contribution is 7.86. The van der Waals surface area contributed by atoms with Gasteiger partial charge in [0.1, 0.15) is 22.0 Å². The molecule has 1 aromatic heterocycles. The highest BCUT2D eigenvalue weighted by Crippen LogP contribution is 2.50. The van der Waals surface area contributed by atoms with Crippen LogP contribution in [0.3, 0.4) is 0 Å². The Morgan fingerprint density at radius 2 is 1.22 bits per heavy atom. The summed E-state index contributed by atoms with van der Waals surface area (Å²) in [7, 11) is -14.6. The molecule has 1 aliphatic rings. The van der Waals surface area contributed by atoms with Crippen LogP contribution in [-0.4, -0.2) is 64.1 Å². The average molecular weight is 820 g/mol. The minimum atomic E-state index is -5.04. The maximum Gasteiger partial charge on any atom is 0.296 e. The first-order chi connectivity index (χ1) is 25.1. The highest BCUT2D eigenvalue weighted by Gasteiger charge is 2.37. The van der Waals surface area contributed by atoms with Crippen molar-refractivity contribution in [3.8, 4) is 0 Å². The molecule has 22 heteroatoms. The van der Waals surface area contributed by atoms with Gasteiger partial charge in [-0.2, -0.15) is 40.2 Å². The first-order valence-corrected chi connectivity index (χ1v) is 20.1. The van der Waals surface area contributed by atoms with Crippen molar-refractivity contribution in [3.63, 3.8) is 0 Å². The number of hydrogen-bond acceptors (Lipinski definition) is 15. The Labute approximate surface area is 313 Å². The summed E-state index contributed by atoms with van der Waals surface area (Å²) in [5, 5.41) is 31.2. The van der Waals surface area contributed by atoms with E-state index in [4.69, 9.17) is 17.3 Å². The van der Waals surface area contributed by atoms with E-state index in [0.717, 1.165) is 18.2 Å². The third-order valence-corrected chi connectivity index (χ3v) is 11.8. The molecule has 54 heavy (non-hydrogen) atoms. The zero-order valence-electron chi connectivity index (χ0n) is 28.1. The van der Waals surface area contributed by atoms with Gasteiger partial charge >= 0.3 is 0 Å². The zero-order valence-corrected chi connectivity index (χ0v) is 31.3. The number of nitrogen functional groups attached to an aromatic ring is 1. The van der Waals surface area contributed by atoms with Crippen molar-refractivity contribution >= 4 is 82.3 Å². The smallest absolute Gasteiger partial charge is 0.296 e. The number of benzene rings is 4. The molecule has 4 aromatic carbocycles. The highest BCUT2D eigenvalue weighted by atomic mass is 35.5. The standard InChI is InChI=1S/C32H30ClN7O11S3/c1-13-25(36-20-12-21(53(46,47)48)24(34)23-22(20)27(41)18-9-4-5-10-19(18)28(23)42)14(2)29(54(49,50)51)15(3)26(13)37-32-39-30(33)38-31(40-32)35-16-7-6-8-17(11-16)52(43,44)45/h4-12,27-28,36,41-42H,34H2,1-3H3,(H,43,44,45)(H,46,47,48)(H,49,50,51)(H2,35,37,38,39,40). The summed E-state index contributed by atoms with van der Waals surface area (Å²) < 4.78 is 104. The van der Waals surface area contributed by atoms with E-state index in [1.165, 1.54) is 45.0 Å². The Balaban J connectivity index is 1.51. The van der Waals surface area contributed by atoms with Crippen molar-refractivity contribution in [2.45, 2.75) is 47.7 Å². The number of aliphatic hydroxyl groups is 2. The zero-order chi connectivity index (χ0) is 39.7. The minimum Gasteiger partial charge on any atom is -0.397 e. The molecule has 0 aliphatic heterocycles. The maximum atomic E-state index is 12.9. The first kappa shape index (κ1) is 38.7. The van der Waals surface area contributed by atoms with Crippen LogP contribution in [0.15, 0.2) is 69.3 Å². The normalized spacial score (nSPS) is 15.6. The van der Waals surface area contributed by atoms with Crippen molar-refractivity contribution < 1.29 is 49.1 Å². The lowest BCUT2D eigenvalue weighted by molar-refractivity contribution is 0.174. The number of anilines is 7. The molecule has 0 amide bonds. The van der Waals surface area contributed by atoms with Gasteiger partial charge in [-0.05, 0) is 84.5 Å². The molecule has 6 rings (SSSR count). The molecule has 18 nitrogen and oxygen atoms in total. The van der Waals surface area contributed by atoms with Crippen LogP contribution in [0.5, 0.6) is 0 Å². The van der Waals surface area contributed by atoms with Crippen LogP contribution in [0.4, 0.5) is 40.3 Å². The van der Waals surface area contributed by atoms with Crippen LogP contribution in [0.2, 0.25) is 5.28 Å². The van der Waals surface area contributed by atoms with Gasteiger partial charge in [0.2, 0.25) is 17.2 Å². The molecule has 2 atom stereocenters. The topological polar surface area (TPSA) is 304 Å². The van der Waals surface area contributed by atoms with E-state index in [2.05, 4.69) is 30.9 Å². The molecule has 10 N–H and O–H groups in total. The van der Waals surface area contributed by atoms with Crippen molar-refractivity contribution in [2.75, 3.05) is 21.7 Å². The number of aliphatic hydroxyl groups excluding tert-OH is 2. The lowest BCUT2D eigenvalue weighted by Gasteiger charge is -2.33. The number of fused-ring (bicyclic) bond motifs is 2. The fraction of sp³-hybridized carbons (Fsp3) is 0.156. The van der Waals surface area contributed by atoms with Crippen LogP contribution in [-0.2, 0) is 30.4 Å². The van der Waals surface area contributed by atoms with Gasteiger partial charge in [0, 0.05) is 28.2 Å². The van der Waals surface area contributed by atoms with Crippen molar-refractivity contribution in [1.29, 1.82) is 0 Å². The number of rotatable bonds is 9. The Hall–Kier alpha value is -4.97. The Morgan fingerprint density at radius 3 is 1.78 bits per heavy atom. The third kappa shape index (κ3) is 7.15. The molecule has 0 spiro atoms. The van der Waals surface area contributed by atoms with Gasteiger partial charge < -0.3 is 31.9 Å². The number of nitrogens with two attached hydrogens (primary N) is 1. The molecule has 284 valence electrons. The van der Waals surface area contributed by atoms with Crippen molar-refractivity contribution in [1.82, 2.24) is 15.0 Å². The van der Waals surface area contributed by atoms with Crippen molar-refractivity contribution in [3.05, 3.63) is 98.8 Å². The largest absolute Gasteiger partial charge is 0.397 e. The third-order valence-electron chi connectivity index (χ3n) is 8.75. The number of halogens is 1. The SMILES string of the molecule is Cc1c(Nc2nc(Cl)nc(Nc3cccc(S(=O)(=O)O)c3)n2)c(C)c(S(=O)(=O)O)c(C)c1Nc1cc(S(=O)(=O)O)c(N)c2c1C(O)c1ccccc1C2O. The molecule has 0 saturated heterocycles. The van der Waals surface area contributed by atoms with Gasteiger partial charge in [-0.3, -0.25) is 13.7 Å². The quantitative estimate of drug-likeness (QED) is 0.0731. The van der Waals surface area contributed by atoms with E-state index in [9.17, 15) is 49.1 Å². The molecule has 5 aromatic rings. The van der Waals surface area contributed by atoms with Gasteiger partial charge in [0.05, 0.1) is 16.3 Å². The Kier molecular flexibility index (Phi) is 9.84. The number of hydrogen-bond donors (Lipinski definition) is 9. The van der Waals surface area contributed by atoms with Crippen LogP contribution in [0.1, 0.15) is 51.2 Å². The van der Waals surface area contributed by atoms with Gasteiger partial charge in [0.25, 0.3) is 30.4 Å². The predicted octanol–water partition coefficient (Wildman–Crippen LogP) is 4.48. The maximum absolute atomic E-state index is 12.9. The fourth-order valence-corrected chi connectivity index (χ4v) is 8.78. The first-order valence-electron chi connectivity index (χ1n) is 15.4. The lowest BCUT2D eigenvalue weighted by atomic mass is 9.80. The number of nitrogens with zero attached hydrogens (tertiary/aromatic N) is 3. The molecular weight excluding hydrogens is 790 g/mol. The molecule has 0 bridgehead atoms. The van der Waals surface area contributed by atoms with Crippen LogP contribution in [0.25, 0.3) is 0 Å². The van der Waals surface area contributed by atoms with Gasteiger partial charge in [-0.25, -0.2) is 0 Å². The van der Waals surface area contributed by atoms with Crippen LogP contribution < -0.4 is 21.7 Å². The van der Waals surface area contributed by atoms with E-state index in [-0.39, 0.29) is 78.9 Å². The second-order valence-electron chi connectivity index (χ2n) is 12.1. The van der Waals surface area contributed by atoms with E-state index >= 15 is 0 Å². The molecule has 0 radical (unpaired) electrons. The second-order valence-corrected chi connectivity index (χ2v) is 16.6. The monoisotopic (exact) mass is 819 g/mol. The number of nitrogens with one attached hydrogen (secondary N) is 3. The molecule has 2 unspecified atom stereocenters.